The van der Waals surface area contributed by atoms with E-state index in [1.165, 1.54) is 11.1 Å². The van der Waals surface area contributed by atoms with Gasteiger partial charge in [0.15, 0.2) is 0 Å². The second-order valence-corrected chi connectivity index (χ2v) is 5.82. The average molecular weight is 278 g/mol. The molecule has 2 rings (SSSR count). The van der Waals surface area contributed by atoms with Crippen LogP contribution in [0, 0.1) is 6.92 Å². The van der Waals surface area contributed by atoms with Gasteiger partial charge in [0.1, 0.15) is 0 Å². The van der Waals surface area contributed by atoms with Crippen molar-refractivity contribution < 1.29 is 0 Å². The van der Waals surface area contributed by atoms with Crippen LogP contribution in [0.3, 0.4) is 0 Å². The van der Waals surface area contributed by atoms with Crippen molar-refractivity contribution in [1.82, 2.24) is 0 Å². The summed E-state index contributed by atoms with van der Waals surface area (Å²) in [6, 6.07) is 16.3. The van der Waals surface area contributed by atoms with Crippen LogP contribution in [0.25, 0.3) is 0 Å². The lowest BCUT2D eigenvalue weighted by Gasteiger charge is -2.12. The van der Waals surface area contributed by atoms with Crippen LogP contribution < -0.4 is 5.73 Å². The van der Waals surface area contributed by atoms with Crippen LogP contribution in [-0.2, 0) is 0 Å². The lowest BCUT2D eigenvalue weighted by atomic mass is 10.1. The van der Waals surface area contributed by atoms with Gasteiger partial charge in [-0.05, 0) is 30.7 Å². The van der Waals surface area contributed by atoms with E-state index in [0.717, 1.165) is 15.7 Å². The summed E-state index contributed by atoms with van der Waals surface area (Å²) in [5.74, 6) is 0.851. The third kappa shape index (κ3) is 3.77. The predicted molar refractivity (Wildman–Crippen MR) is 80.3 cm³/mol. The average Bonchev–Trinajstić information content (AvgIpc) is 2.37. The Bertz CT molecular complexity index is 510. The van der Waals surface area contributed by atoms with Gasteiger partial charge in [-0.25, -0.2) is 0 Å². The second kappa shape index (κ2) is 6.28. The fourth-order valence-corrected chi connectivity index (χ4v) is 2.86. The molecule has 0 fully saturated rings. The first-order chi connectivity index (χ1) is 8.65. The van der Waals surface area contributed by atoms with Crippen LogP contribution in [0.5, 0.6) is 0 Å². The molecule has 2 aromatic carbocycles. The van der Waals surface area contributed by atoms with Gasteiger partial charge in [0, 0.05) is 21.7 Å². The van der Waals surface area contributed by atoms with E-state index in [4.69, 9.17) is 17.3 Å². The summed E-state index contributed by atoms with van der Waals surface area (Å²) < 4.78 is 0. The summed E-state index contributed by atoms with van der Waals surface area (Å²) in [6.45, 7) is 2.08. The standard InChI is InChI=1S/C15H16ClNS/c1-11-5-7-12(8-6-11)15(17)10-18-14-4-2-3-13(16)9-14/h2-9,15H,10,17H2,1H3. The number of thioether (sulfide) groups is 1. The Morgan fingerprint density at radius 3 is 2.56 bits per heavy atom. The molecule has 0 aliphatic heterocycles. The molecule has 18 heavy (non-hydrogen) atoms. The maximum atomic E-state index is 6.18. The van der Waals surface area contributed by atoms with Gasteiger partial charge in [0.25, 0.3) is 0 Å². The third-order valence-corrected chi connectivity index (χ3v) is 4.08. The predicted octanol–water partition coefficient (Wildman–Crippen LogP) is 4.44. The summed E-state index contributed by atoms with van der Waals surface area (Å²) in [7, 11) is 0. The Balaban J connectivity index is 1.96. The van der Waals surface area contributed by atoms with E-state index in [1.54, 1.807) is 11.8 Å². The first-order valence-corrected chi connectivity index (χ1v) is 7.22. The quantitative estimate of drug-likeness (QED) is 0.836. The fourth-order valence-electron chi connectivity index (χ4n) is 1.65. The van der Waals surface area contributed by atoms with E-state index in [1.807, 2.05) is 18.2 Å². The molecule has 0 heterocycles. The van der Waals surface area contributed by atoms with Crippen molar-refractivity contribution in [3.63, 3.8) is 0 Å². The highest BCUT2D eigenvalue weighted by molar-refractivity contribution is 7.99. The van der Waals surface area contributed by atoms with Crippen molar-refractivity contribution in [2.45, 2.75) is 17.9 Å². The highest BCUT2D eigenvalue weighted by atomic mass is 35.5. The lowest BCUT2D eigenvalue weighted by molar-refractivity contribution is 0.831. The Kier molecular flexibility index (Phi) is 4.70. The molecule has 1 atom stereocenters. The molecule has 0 bridgehead atoms. The molecule has 2 aromatic rings. The van der Waals surface area contributed by atoms with Gasteiger partial charge in [-0.2, -0.15) is 0 Å². The van der Waals surface area contributed by atoms with Crippen molar-refractivity contribution in [3.05, 3.63) is 64.7 Å². The minimum Gasteiger partial charge on any atom is -0.323 e. The molecule has 1 unspecified atom stereocenters. The van der Waals surface area contributed by atoms with E-state index in [9.17, 15) is 0 Å². The van der Waals surface area contributed by atoms with Crippen molar-refractivity contribution in [3.8, 4) is 0 Å². The van der Waals surface area contributed by atoms with Crippen LogP contribution in [0.4, 0.5) is 0 Å². The van der Waals surface area contributed by atoms with E-state index in [2.05, 4.69) is 37.3 Å². The van der Waals surface area contributed by atoms with Crippen LogP contribution >= 0.6 is 23.4 Å². The molecule has 0 aliphatic rings. The topological polar surface area (TPSA) is 26.0 Å². The van der Waals surface area contributed by atoms with Crippen LogP contribution in [0.2, 0.25) is 5.02 Å². The van der Waals surface area contributed by atoms with Crippen LogP contribution in [0.1, 0.15) is 17.2 Å². The van der Waals surface area contributed by atoms with Crippen LogP contribution in [0.15, 0.2) is 53.4 Å². The molecule has 0 aromatic heterocycles. The van der Waals surface area contributed by atoms with Gasteiger partial charge in [-0.15, -0.1) is 11.8 Å². The first-order valence-electron chi connectivity index (χ1n) is 5.85. The number of hydrogen-bond acceptors (Lipinski definition) is 2. The molecule has 0 aliphatic carbocycles. The largest absolute Gasteiger partial charge is 0.323 e. The highest BCUT2D eigenvalue weighted by Crippen LogP contribution is 2.25. The summed E-state index contributed by atoms with van der Waals surface area (Å²) >= 11 is 7.68. The summed E-state index contributed by atoms with van der Waals surface area (Å²) in [4.78, 5) is 1.16. The van der Waals surface area contributed by atoms with Gasteiger partial charge in [-0.3, -0.25) is 0 Å². The third-order valence-electron chi connectivity index (χ3n) is 2.73. The van der Waals surface area contributed by atoms with Crippen molar-refractivity contribution in [2.24, 2.45) is 5.73 Å². The molecule has 1 nitrogen and oxygen atoms in total. The lowest BCUT2D eigenvalue weighted by Crippen LogP contribution is -2.12. The summed E-state index contributed by atoms with van der Waals surface area (Å²) in [5.41, 5.74) is 8.61. The fraction of sp³-hybridized carbons (Fsp3) is 0.200. The molecule has 0 amide bonds. The van der Waals surface area contributed by atoms with E-state index in [0.29, 0.717) is 0 Å². The van der Waals surface area contributed by atoms with Gasteiger partial charge in [-0.1, -0.05) is 47.5 Å². The number of nitrogens with two attached hydrogens (primary N) is 1. The number of benzene rings is 2. The summed E-state index contributed by atoms with van der Waals surface area (Å²) in [5, 5.41) is 0.768. The zero-order valence-corrected chi connectivity index (χ0v) is 11.8. The first kappa shape index (κ1) is 13.5. The number of rotatable bonds is 4. The Hall–Kier alpha value is -0.960. The number of hydrogen-bond donors (Lipinski definition) is 1. The summed E-state index contributed by atoms with van der Waals surface area (Å²) in [6.07, 6.45) is 0. The maximum Gasteiger partial charge on any atom is 0.0417 e. The normalized spacial score (nSPS) is 12.4. The van der Waals surface area contributed by atoms with Crippen molar-refractivity contribution in [2.75, 3.05) is 5.75 Å². The molecule has 3 heteroatoms. The molecule has 0 spiro atoms. The Morgan fingerprint density at radius 1 is 1.17 bits per heavy atom. The molecule has 0 saturated carbocycles. The molecular weight excluding hydrogens is 262 g/mol. The molecular formula is C15H16ClNS. The van der Waals surface area contributed by atoms with Gasteiger partial charge >= 0.3 is 0 Å². The maximum absolute atomic E-state index is 6.18. The highest BCUT2D eigenvalue weighted by Gasteiger charge is 2.06. The smallest absolute Gasteiger partial charge is 0.0417 e. The van der Waals surface area contributed by atoms with Gasteiger partial charge in [0.05, 0.1) is 0 Å². The van der Waals surface area contributed by atoms with Crippen molar-refractivity contribution in [1.29, 1.82) is 0 Å². The SMILES string of the molecule is Cc1ccc(C(N)CSc2cccc(Cl)c2)cc1. The molecule has 0 saturated heterocycles. The van der Waals surface area contributed by atoms with Gasteiger partial charge in [0.2, 0.25) is 0 Å². The Labute approximate surface area is 117 Å². The van der Waals surface area contributed by atoms with Crippen LogP contribution in [-0.4, -0.2) is 5.75 Å². The molecule has 94 valence electrons. The van der Waals surface area contributed by atoms with E-state index < -0.39 is 0 Å². The Morgan fingerprint density at radius 2 is 1.89 bits per heavy atom. The molecule has 0 radical (unpaired) electrons. The molecule has 2 N–H and O–H groups in total. The van der Waals surface area contributed by atoms with E-state index in [-0.39, 0.29) is 6.04 Å². The zero-order valence-electron chi connectivity index (χ0n) is 10.3. The second-order valence-electron chi connectivity index (χ2n) is 4.29. The number of halogens is 1. The monoisotopic (exact) mass is 277 g/mol. The minimum absolute atomic E-state index is 0.0505. The van der Waals surface area contributed by atoms with Gasteiger partial charge < -0.3 is 5.73 Å². The van der Waals surface area contributed by atoms with E-state index >= 15 is 0 Å². The van der Waals surface area contributed by atoms with Crippen molar-refractivity contribution >= 4 is 23.4 Å². The zero-order chi connectivity index (χ0) is 13.0. The minimum atomic E-state index is 0.0505. The number of aryl methyl sites for hydroxylation is 1.